The number of anilines is 1. The van der Waals surface area contributed by atoms with E-state index in [1.54, 1.807) is 18.2 Å². The topological polar surface area (TPSA) is 84.6 Å². The first-order valence-electron chi connectivity index (χ1n) is 5.92. The number of carbonyl (C=O) groups is 1. The van der Waals surface area contributed by atoms with E-state index in [0.717, 1.165) is 0 Å². The van der Waals surface area contributed by atoms with Crippen LogP contribution < -0.4 is 15.8 Å². The van der Waals surface area contributed by atoms with Crippen molar-refractivity contribution in [1.29, 1.82) is 0 Å². The molecule has 2 unspecified atom stereocenters. The van der Waals surface area contributed by atoms with Crippen LogP contribution >= 0.6 is 11.8 Å². The van der Waals surface area contributed by atoms with Gasteiger partial charge in [0.1, 0.15) is 0 Å². The molecule has 0 radical (unpaired) electrons. The molecule has 2 atom stereocenters. The van der Waals surface area contributed by atoms with Crippen LogP contribution in [0.25, 0.3) is 0 Å². The predicted octanol–water partition coefficient (Wildman–Crippen LogP) is 1.12. The highest BCUT2D eigenvalue weighted by Crippen LogP contribution is 2.26. The molecule has 0 aliphatic heterocycles. The third kappa shape index (κ3) is 3.78. The number of hydrogen-bond acceptors (Lipinski definition) is 5. The summed E-state index contributed by atoms with van der Waals surface area (Å²) in [5.41, 5.74) is 6.58. The Morgan fingerprint density at radius 1 is 1.58 bits per heavy atom. The average Bonchev–Trinajstić information content (AvgIpc) is 2.39. The van der Waals surface area contributed by atoms with Gasteiger partial charge in [0.2, 0.25) is 0 Å². The summed E-state index contributed by atoms with van der Waals surface area (Å²) in [7, 11) is 1.48. The van der Waals surface area contributed by atoms with Gasteiger partial charge in [-0.15, -0.1) is 0 Å². The number of aliphatic hydroxyl groups is 1. The first-order chi connectivity index (χ1) is 9.04. The summed E-state index contributed by atoms with van der Waals surface area (Å²) in [5.74, 6) is 0.112. The van der Waals surface area contributed by atoms with E-state index in [1.165, 1.54) is 18.9 Å². The Morgan fingerprint density at radius 2 is 2.26 bits per heavy atom. The van der Waals surface area contributed by atoms with Crippen LogP contribution in [-0.2, 0) is 0 Å². The molecule has 0 saturated heterocycles. The number of methoxy groups -OCH3 is 1. The Hall–Kier alpha value is -1.40. The number of nitrogens with one attached hydrogen (secondary N) is 1. The number of aliphatic hydroxyl groups excluding tert-OH is 1. The molecule has 0 aliphatic carbocycles. The molecule has 6 heteroatoms. The molecular formula is C13H20N2O3S. The summed E-state index contributed by atoms with van der Waals surface area (Å²) in [4.78, 5) is 12.2. The molecule has 106 valence electrons. The molecule has 4 N–H and O–H groups in total. The summed E-state index contributed by atoms with van der Waals surface area (Å²) < 4.78 is 5.15. The zero-order chi connectivity index (χ0) is 14.4. The average molecular weight is 284 g/mol. The van der Waals surface area contributed by atoms with E-state index in [2.05, 4.69) is 5.32 Å². The fraction of sp³-hybridized carbons (Fsp3) is 0.462. The van der Waals surface area contributed by atoms with Crippen LogP contribution in [0.2, 0.25) is 0 Å². The van der Waals surface area contributed by atoms with Crippen molar-refractivity contribution in [2.24, 2.45) is 0 Å². The van der Waals surface area contributed by atoms with E-state index in [9.17, 15) is 9.90 Å². The quantitative estimate of drug-likeness (QED) is 0.682. The summed E-state index contributed by atoms with van der Waals surface area (Å²) in [6.07, 6.45) is 1.89. The Kier molecular flexibility index (Phi) is 5.98. The van der Waals surface area contributed by atoms with Crippen LogP contribution in [0.15, 0.2) is 18.2 Å². The van der Waals surface area contributed by atoms with Gasteiger partial charge in [0.05, 0.1) is 25.0 Å². The van der Waals surface area contributed by atoms with Crippen LogP contribution in [0.3, 0.4) is 0 Å². The van der Waals surface area contributed by atoms with Crippen molar-refractivity contribution in [2.75, 3.05) is 25.7 Å². The molecule has 0 aromatic heterocycles. The first kappa shape index (κ1) is 15.7. The summed E-state index contributed by atoms with van der Waals surface area (Å²) in [6, 6.07) is 4.88. The number of carbonyl (C=O) groups excluding carboxylic acids is 1. The van der Waals surface area contributed by atoms with Crippen molar-refractivity contribution in [3.63, 3.8) is 0 Å². The number of para-hydroxylation sites is 1. The molecule has 19 heavy (non-hydrogen) atoms. The standard InChI is InChI=1S/C13H20N2O3S/c1-8(11(7-16)19-3)15-13(17)9-5-4-6-10(14)12(9)18-2/h4-6,8,11,16H,7,14H2,1-3H3,(H,15,17). The minimum absolute atomic E-state index is 0.0106. The van der Waals surface area contributed by atoms with Crippen LogP contribution in [0.5, 0.6) is 5.75 Å². The zero-order valence-corrected chi connectivity index (χ0v) is 12.2. The van der Waals surface area contributed by atoms with Gasteiger partial charge in [-0.3, -0.25) is 4.79 Å². The minimum Gasteiger partial charge on any atom is -0.494 e. The Labute approximate surface area is 117 Å². The van der Waals surface area contributed by atoms with Crippen LogP contribution in [0, 0.1) is 0 Å². The largest absolute Gasteiger partial charge is 0.494 e. The fourth-order valence-corrected chi connectivity index (χ4v) is 2.40. The smallest absolute Gasteiger partial charge is 0.255 e. The molecule has 1 rings (SSSR count). The van der Waals surface area contributed by atoms with Gasteiger partial charge in [-0.05, 0) is 25.3 Å². The maximum atomic E-state index is 12.2. The van der Waals surface area contributed by atoms with E-state index in [-0.39, 0.29) is 23.8 Å². The molecule has 1 amide bonds. The van der Waals surface area contributed by atoms with E-state index >= 15 is 0 Å². The van der Waals surface area contributed by atoms with Gasteiger partial charge in [0, 0.05) is 11.3 Å². The fourth-order valence-electron chi connectivity index (χ4n) is 1.78. The van der Waals surface area contributed by atoms with Gasteiger partial charge < -0.3 is 20.9 Å². The van der Waals surface area contributed by atoms with Crippen molar-refractivity contribution in [1.82, 2.24) is 5.32 Å². The molecule has 0 spiro atoms. The molecule has 0 bridgehead atoms. The van der Waals surface area contributed by atoms with Gasteiger partial charge in [0.15, 0.2) is 5.75 Å². The number of hydrogen-bond donors (Lipinski definition) is 3. The minimum atomic E-state index is -0.260. The number of thioether (sulfide) groups is 1. The van der Waals surface area contributed by atoms with Crippen molar-refractivity contribution in [3.8, 4) is 5.75 Å². The van der Waals surface area contributed by atoms with Crippen molar-refractivity contribution < 1.29 is 14.6 Å². The lowest BCUT2D eigenvalue weighted by Gasteiger charge is -2.22. The lowest BCUT2D eigenvalue weighted by molar-refractivity contribution is 0.0933. The number of rotatable bonds is 6. The second-order valence-electron chi connectivity index (χ2n) is 4.15. The monoisotopic (exact) mass is 284 g/mol. The Bertz CT molecular complexity index is 436. The number of nitrogens with two attached hydrogens (primary N) is 1. The molecule has 0 heterocycles. The van der Waals surface area contributed by atoms with E-state index in [0.29, 0.717) is 17.0 Å². The zero-order valence-electron chi connectivity index (χ0n) is 11.3. The Morgan fingerprint density at radius 3 is 2.79 bits per heavy atom. The number of ether oxygens (including phenoxy) is 1. The van der Waals surface area contributed by atoms with Crippen molar-refractivity contribution in [2.45, 2.75) is 18.2 Å². The second kappa shape index (κ2) is 7.25. The van der Waals surface area contributed by atoms with Gasteiger partial charge in [-0.2, -0.15) is 11.8 Å². The maximum absolute atomic E-state index is 12.2. The van der Waals surface area contributed by atoms with E-state index in [4.69, 9.17) is 10.5 Å². The van der Waals surface area contributed by atoms with Gasteiger partial charge in [0.25, 0.3) is 5.91 Å². The lowest BCUT2D eigenvalue weighted by Crippen LogP contribution is -2.41. The highest BCUT2D eigenvalue weighted by molar-refractivity contribution is 7.99. The Balaban J connectivity index is 2.87. The number of amides is 1. The molecule has 5 nitrogen and oxygen atoms in total. The second-order valence-corrected chi connectivity index (χ2v) is 5.22. The van der Waals surface area contributed by atoms with E-state index in [1.807, 2.05) is 13.2 Å². The maximum Gasteiger partial charge on any atom is 0.255 e. The van der Waals surface area contributed by atoms with Crippen molar-refractivity contribution in [3.05, 3.63) is 23.8 Å². The van der Waals surface area contributed by atoms with Crippen LogP contribution in [0.1, 0.15) is 17.3 Å². The normalized spacial score (nSPS) is 13.7. The third-order valence-electron chi connectivity index (χ3n) is 2.89. The molecule has 1 aromatic rings. The van der Waals surface area contributed by atoms with Gasteiger partial charge in [-0.25, -0.2) is 0 Å². The van der Waals surface area contributed by atoms with Crippen LogP contribution in [-0.4, -0.2) is 42.3 Å². The van der Waals surface area contributed by atoms with Crippen LogP contribution in [0.4, 0.5) is 5.69 Å². The first-order valence-corrected chi connectivity index (χ1v) is 7.20. The molecule has 0 fully saturated rings. The third-order valence-corrected chi connectivity index (χ3v) is 4.06. The van der Waals surface area contributed by atoms with Gasteiger partial charge in [-0.1, -0.05) is 6.07 Å². The molecule has 0 aliphatic rings. The number of nitrogen functional groups attached to an aromatic ring is 1. The van der Waals surface area contributed by atoms with E-state index < -0.39 is 0 Å². The summed E-state index contributed by atoms with van der Waals surface area (Å²) in [5, 5.41) is 12.0. The SMILES string of the molecule is COc1c(N)cccc1C(=O)NC(C)C(CO)SC. The molecule has 1 aromatic carbocycles. The predicted molar refractivity (Wildman–Crippen MR) is 78.7 cm³/mol. The highest BCUT2D eigenvalue weighted by atomic mass is 32.2. The van der Waals surface area contributed by atoms with Crippen molar-refractivity contribution >= 4 is 23.4 Å². The summed E-state index contributed by atoms with van der Waals surface area (Å²) in [6.45, 7) is 1.87. The highest BCUT2D eigenvalue weighted by Gasteiger charge is 2.20. The molecular weight excluding hydrogens is 264 g/mol. The molecule has 0 saturated carbocycles. The summed E-state index contributed by atoms with van der Waals surface area (Å²) >= 11 is 1.51. The van der Waals surface area contributed by atoms with Gasteiger partial charge >= 0.3 is 0 Å². The lowest BCUT2D eigenvalue weighted by atomic mass is 10.1. The number of benzene rings is 1.